The van der Waals surface area contributed by atoms with E-state index in [0.29, 0.717) is 6.04 Å². The summed E-state index contributed by atoms with van der Waals surface area (Å²) in [6.07, 6.45) is 5.37. The second-order valence-electron chi connectivity index (χ2n) is 8.74. The molecule has 0 amide bonds. The molecule has 1 aliphatic carbocycles. The zero-order valence-electron chi connectivity index (χ0n) is 18.9. The maximum absolute atomic E-state index is 4.88. The van der Waals surface area contributed by atoms with E-state index in [2.05, 4.69) is 82.0 Å². The number of pyridine rings is 1. The number of H-pyrrole nitrogens is 1. The molecule has 0 fully saturated rings. The second-order valence-corrected chi connectivity index (χ2v) is 9.68. The van der Waals surface area contributed by atoms with Crippen LogP contribution in [-0.2, 0) is 19.5 Å². The van der Waals surface area contributed by atoms with Gasteiger partial charge in [-0.2, -0.15) is 0 Å². The predicted octanol–water partition coefficient (Wildman–Crippen LogP) is 7.34. The summed E-state index contributed by atoms with van der Waals surface area (Å²) >= 11 is 1.78. The number of fused-ring (bicyclic) bond motifs is 2. The summed E-state index contributed by atoms with van der Waals surface area (Å²) < 4.78 is 0. The summed E-state index contributed by atoms with van der Waals surface area (Å²) in [5.41, 5.74) is 7.33. The highest BCUT2D eigenvalue weighted by Gasteiger charge is 2.28. The van der Waals surface area contributed by atoms with E-state index in [9.17, 15) is 0 Å². The molecule has 1 unspecified atom stereocenters. The third-order valence-electron chi connectivity index (χ3n) is 6.54. The minimum absolute atomic E-state index is 0. The van der Waals surface area contributed by atoms with Crippen LogP contribution in [0.2, 0.25) is 0 Å². The van der Waals surface area contributed by atoms with Gasteiger partial charge in [0.15, 0.2) is 0 Å². The summed E-state index contributed by atoms with van der Waals surface area (Å²) in [6.45, 7) is 1.63. The fourth-order valence-electron chi connectivity index (χ4n) is 4.94. The largest absolute Gasteiger partial charge is 0.341 e. The average Bonchev–Trinajstić information content (AvgIpc) is 3.54. The molecule has 0 saturated carbocycles. The smallest absolute Gasteiger partial charge is 0.121 e. The Morgan fingerprint density at radius 2 is 1.82 bits per heavy atom. The molecule has 4 nitrogen and oxygen atoms in total. The van der Waals surface area contributed by atoms with E-state index in [0.717, 1.165) is 42.8 Å². The van der Waals surface area contributed by atoms with Crippen molar-refractivity contribution in [2.75, 3.05) is 0 Å². The topological polar surface area (TPSA) is 44.8 Å². The van der Waals surface area contributed by atoms with Gasteiger partial charge >= 0.3 is 0 Å². The van der Waals surface area contributed by atoms with Gasteiger partial charge in [-0.15, -0.1) is 28.3 Å². The van der Waals surface area contributed by atoms with Gasteiger partial charge in [-0.05, 0) is 65.6 Å². The van der Waals surface area contributed by atoms with Crippen molar-refractivity contribution in [1.29, 1.82) is 0 Å². The fourth-order valence-corrected chi connectivity index (χ4v) is 5.67. The molecule has 0 saturated heterocycles. The third-order valence-corrected chi connectivity index (χ3v) is 7.46. The van der Waals surface area contributed by atoms with Gasteiger partial charge in [0.05, 0.1) is 29.3 Å². The van der Waals surface area contributed by atoms with Gasteiger partial charge in [-0.25, -0.2) is 4.98 Å². The third kappa shape index (κ3) is 4.71. The number of hydrogen-bond acceptors (Lipinski definition) is 4. The number of rotatable bonds is 6. The molecule has 172 valence electrons. The van der Waals surface area contributed by atoms with E-state index >= 15 is 0 Å². The van der Waals surface area contributed by atoms with Gasteiger partial charge in [0.25, 0.3) is 0 Å². The second kappa shape index (κ2) is 10.2. The van der Waals surface area contributed by atoms with E-state index < -0.39 is 0 Å². The number of aryl methyl sites for hydroxylation is 1. The van der Waals surface area contributed by atoms with Gasteiger partial charge in [0.2, 0.25) is 0 Å². The van der Waals surface area contributed by atoms with Crippen LogP contribution < -0.4 is 0 Å². The number of halogens is 1. The van der Waals surface area contributed by atoms with Crippen molar-refractivity contribution in [3.05, 3.63) is 107 Å². The SMILES string of the molecule is Br.c1csc(-c2ccc(CN(Cc3nc4ccccc4[nH]3)C3CCCc4cccnc43)cc2)c1. The first-order valence-corrected chi connectivity index (χ1v) is 12.5. The van der Waals surface area contributed by atoms with Gasteiger partial charge in [-0.1, -0.05) is 48.5 Å². The molecular weight excluding hydrogens is 504 g/mol. The highest BCUT2D eigenvalue weighted by molar-refractivity contribution is 8.93. The summed E-state index contributed by atoms with van der Waals surface area (Å²) in [4.78, 5) is 17.1. The van der Waals surface area contributed by atoms with Crippen LogP contribution in [0.3, 0.4) is 0 Å². The zero-order chi connectivity index (χ0) is 22.0. The molecule has 3 heterocycles. The van der Waals surface area contributed by atoms with Gasteiger partial charge in [0.1, 0.15) is 5.82 Å². The van der Waals surface area contributed by atoms with E-state index in [1.807, 2.05) is 12.3 Å². The van der Waals surface area contributed by atoms with Crippen molar-refractivity contribution in [2.45, 2.75) is 38.4 Å². The summed E-state index contributed by atoms with van der Waals surface area (Å²) in [6, 6.07) is 26.2. The summed E-state index contributed by atoms with van der Waals surface area (Å²) in [5.74, 6) is 1.01. The molecule has 1 atom stereocenters. The van der Waals surface area contributed by atoms with Crippen molar-refractivity contribution in [1.82, 2.24) is 19.9 Å². The summed E-state index contributed by atoms with van der Waals surface area (Å²) in [7, 11) is 0. The minimum atomic E-state index is 0. The number of nitrogens with one attached hydrogen (secondary N) is 1. The van der Waals surface area contributed by atoms with Crippen LogP contribution in [0.4, 0.5) is 0 Å². The number of aromatic amines is 1. The molecule has 2 aromatic carbocycles. The van der Waals surface area contributed by atoms with Gasteiger partial charge < -0.3 is 4.98 Å². The monoisotopic (exact) mass is 530 g/mol. The molecule has 6 heteroatoms. The van der Waals surface area contributed by atoms with Crippen LogP contribution in [0.15, 0.2) is 84.4 Å². The molecule has 34 heavy (non-hydrogen) atoms. The van der Waals surface area contributed by atoms with Crippen LogP contribution in [0, 0.1) is 0 Å². The quantitative estimate of drug-likeness (QED) is 0.249. The van der Waals surface area contributed by atoms with Gasteiger partial charge in [-0.3, -0.25) is 9.88 Å². The van der Waals surface area contributed by atoms with Crippen LogP contribution in [-0.4, -0.2) is 19.9 Å². The predicted molar refractivity (Wildman–Crippen MR) is 145 cm³/mol. The lowest BCUT2D eigenvalue weighted by molar-refractivity contribution is 0.153. The molecule has 6 rings (SSSR count). The van der Waals surface area contributed by atoms with Crippen molar-refractivity contribution < 1.29 is 0 Å². The number of imidazole rings is 1. The maximum atomic E-state index is 4.88. The minimum Gasteiger partial charge on any atom is -0.341 e. The van der Waals surface area contributed by atoms with Crippen molar-refractivity contribution >= 4 is 39.4 Å². The molecule has 1 N–H and O–H groups in total. The van der Waals surface area contributed by atoms with Crippen LogP contribution >= 0.6 is 28.3 Å². The van der Waals surface area contributed by atoms with Crippen LogP contribution in [0.25, 0.3) is 21.5 Å². The molecule has 0 aliphatic heterocycles. The lowest BCUT2D eigenvalue weighted by Gasteiger charge is -2.34. The highest BCUT2D eigenvalue weighted by atomic mass is 79.9. The van der Waals surface area contributed by atoms with E-state index in [1.54, 1.807) is 11.3 Å². The van der Waals surface area contributed by atoms with E-state index in [4.69, 9.17) is 9.97 Å². The first-order valence-electron chi connectivity index (χ1n) is 11.6. The molecule has 5 aromatic rings. The Hall–Kier alpha value is -2.80. The molecule has 1 aliphatic rings. The Morgan fingerprint density at radius 3 is 2.65 bits per heavy atom. The Balaban J connectivity index is 0.00000241. The molecular formula is C28H27BrN4S. The first kappa shape index (κ1) is 23.0. The fraction of sp³-hybridized carbons (Fsp3) is 0.214. The first-order chi connectivity index (χ1) is 16.3. The number of nitrogens with zero attached hydrogens (tertiary/aromatic N) is 3. The number of thiophene rings is 1. The number of benzene rings is 2. The Kier molecular flexibility index (Phi) is 6.90. The van der Waals surface area contributed by atoms with Crippen LogP contribution in [0.5, 0.6) is 0 Å². The molecule has 0 radical (unpaired) electrons. The Morgan fingerprint density at radius 1 is 0.941 bits per heavy atom. The lowest BCUT2D eigenvalue weighted by atomic mass is 9.90. The van der Waals surface area contributed by atoms with Gasteiger partial charge in [0, 0.05) is 17.6 Å². The highest BCUT2D eigenvalue weighted by Crippen LogP contribution is 2.35. The lowest BCUT2D eigenvalue weighted by Crippen LogP contribution is -2.31. The standard InChI is InChI=1S/C28H26N4S.BrH/c1-2-9-24-23(8-1)30-27(31-24)19-32(25-10-3-6-22-7-4-16-29-28(22)25)18-20-12-14-21(15-13-20)26-11-5-17-33-26;/h1-2,4-5,7-9,11-17,25H,3,6,10,18-19H2,(H,30,31);1H. The van der Waals surface area contributed by atoms with Crippen molar-refractivity contribution in [3.63, 3.8) is 0 Å². The number of aromatic nitrogens is 3. The molecule has 0 bridgehead atoms. The van der Waals surface area contributed by atoms with E-state index in [1.165, 1.54) is 33.7 Å². The zero-order valence-corrected chi connectivity index (χ0v) is 21.4. The maximum Gasteiger partial charge on any atom is 0.121 e. The van der Waals surface area contributed by atoms with Crippen molar-refractivity contribution in [2.24, 2.45) is 0 Å². The van der Waals surface area contributed by atoms with E-state index in [-0.39, 0.29) is 17.0 Å². The Bertz CT molecular complexity index is 1330. The molecule has 3 aromatic heterocycles. The summed E-state index contributed by atoms with van der Waals surface area (Å²) in [5, 5.41) is 2.13. The normalized spacial score (nSPS) is 15.3. The number of hydrogen-bond donors (Lipinski definition) is 1. The van der Waals surface area contributed by atoms with Crippen LogP contribution in [0.1, 0.15) is 41.5 Å². The average molecular weight is 532 g/mol. The molecule has 0 spiro atoms. The Labute approximate surface area is 214 Å². The van der Waals surface area contributed by atoms with Crippen molar-refractivity contribution in [3.8, 4) is 10.4 Å². The number of para-hydroxylation sites is 2.